The van der Waals surface area contributed by atoms with Gasteiger partial charge in [-0.3, -0.25) is 0 Å². The number of rotatable bonds is 7. The van der Waals surface area contributed by atoms with E-state index in [-0.39, 0.29) is 12.1 Å². The van der Waals surface area contributed by atoms with Crippen LogP contribution >= 0.6 is 11.8 Å². The number of thioether (sulfide) groups is 1. The molecule has 0 heterocycles. The van der Waals surface area contributed by atoms with E-state index in [0.717, 1.165) is 24.2 Å². The van der Waals surface area contributed by atoms with Crippen LogP contribution in [-0.4, -0.2) is 36.2 Å². The van der Waals surface area contributed by atoms with Gasteiger partial charge in [0.1, 0.15) is 6.61 Å². The summed E-state index contributed by atoms with van der Waals surface area (Å²) in [5.74, 6) is 1.12. The Balaban J connectivity index is 1.58. The maximum atomic E-state index is 11.7. The van der Waals surface area contributed by atoms with E-state index in [0.29, 0.717) is 18.7 Å². The minimum atomic E-state index is -0.320. The molecule has 21 heavy (non-hydrogen) atoms. The number of benzene rings is 1. The van der Waals surface area contributed by atoms with Gasteiger partial charge < -0.3 is 15.4 Å². The molecule has 1 saturated carbocycles. The fourth-order valence-electron chi connectivity index (χ4n) is 2.50. The standard InChI is InChI=1S/C16H24N2O2S/c1-12(11-21-2)17-14-8-15(9-14)18-16(19)20-10-13-6-4-3-5-7-13/h3-7,12,14-15,17H,8-11H2,1-2H3,(H,18,19). The van der Waals surface area contributed by atoms with Gasteiger partial charge in [0.05, 0.1) is 0 Å². The summed E-state index contributed by atoms with van der Waals surface area (Å²) in [5.41, 5.74) is 1.01. The zero-order chi connectivity index (χ0) is 15.1. The number of ether oxygens (including phenoxy) is 1. The van der Waals surface area contributed by atoms with Crippen molar-refractivity contribution >= 4 is 17.9 Å². The van der Waals surface area contributed by atoms with E-state index >= 15 is 0 Å². The highest BCUT2D eigenvalue weighted by Crippen LogP contribution is 2.21. The van der Waals surface area contributed by atoms with Gasteiger partial charge >= 0.3 is 6.09 Å². The normalized spacial score (nSPS) is 22.2. The van der Waals surface area contributed by atoms with Gasteiger partial charge in [0.25, 0.3) is 0 Å². The lowest BCUT2D eigenvalue weighted by Crippen LogP contribution is -2.54. The molecule has 1 fully saturated rings. The quantitative estimate of drug-likeness (QED) is 0.813. The number of alkyl carbamates (subject to hydrolysis) is 1. The van der Waals surface area contributed by atoms with E-state index in [1.54, 1.807) is 0 Å². The van der Waals surface area contributed by atoms with Gasteiger partial charge in [-0.25, -0.2) is 4.79 Å². The molecule has 0 aromatic heterocycles. The molecule has 0 spiro atoms. The van der Waals surface area contributed by atoms with E-state index in [9.17, 15) is 4.79 Å². The third kappa shape index (κ3) is 5.59. The first-order valence-electron chi connectivity index (χ1n) is 7.39. The van der Waals surface area contributed by atoms with Gasteiger partial charge in [-0.05, 0) is 31.6 Å². The number of carbonyl (C=O) groups is 1. The van der Waals surface area contributed by atoms with E-state index in [1.807, 2.05) is 42.1 Å². The summed E-state index contributed by atoms with van der Waals surface area (Å²) in [6, 6.07) is 11.0. The lowest BCUT2D eigenvalue weighted by atomic mass is 9.86. The molecule has 5 heteroatoms. The average Bonchev–Trinajstić information content (AvgIpc) is 2.44. The van der Waals surface area contributed by atoms with Gasteiger partial charge in [0.15, 0.2) is 0 Å². The van der Waals surface area contributed by atoms with Crippen molar-refractivity contribution in [3.8, 4) is 0 Å². The molecule has 1 atom stereocenters. The Labute approximate surface area is 131 Å². The van der Waals surface area contributed by atoms with Crippen LogP contribution in [0.5, 0.6) is 0 Å². The summed E-state index contributed by atoms with van der Waals surface area (Å²) >= 11 is 1.85. The maximum absolute atomic E-state index is 11.7. The maximum Gasteiger partial charge on any atom is 0.407 e. The fourth-order valence-corrected chi connectivity index (χ4v) is 3.10. The van der Waals surface area contributed by atoms with Crippen LogP contribution in [-0.2, 0) is 11.3 Å². The van der Waals surface area contributed by atoms with Gasteiger partial charge in [-0.2, -0.15) is 11.8 Å². The van der Waals surface area contributed by atoms with Gasteiger partial charge in [0.2, 0.25) is 0 Å². The molecule has 2 rings (SSSR count). The number of hydrogen-bond donors (Lipinski definition) is 2. The zero-order valence-corrected chi connectivity index (χ0v) is 13.5. The molecular weight excluding hydrogens is 284 g/mol. The second-order valence-corrected chi connectivity index (χ2v) is 6.51. The molecule has 0 saturated heterocycles. The third-order valence-electron chi connectivity index (χ3n) is 3.61. The molecule has 1 unspecified atom stereocenters. The molecule has 1 aliphatic rings. The molecule has 4 nitrogen and oxygen atoms in total. The predicted octanol–water partition coefficient (Wildman–Crippen LogP) is 2.78. The summed E-state index contributed by atoms with van der Waals surface area (Å²) in [4.78, 5) is 11.7. The minimum Gasteiger partial charge on any atom is -0.445 e. The van der Waals surface area contributed by atoms with E-state index in [2.05, 4.69) is 23.8 Å². The number of nitrogens with one attached hydrogen (secondary N) is 2. The van der Waals surface area contributed by atoms with Crippen molar-refractivity contribution in [2.45, 2.75) is 44.5 Å². The summed E-state index contributed by atoms with van der Waals surface area (Å²) in [6.07, 6.45) is 3.77. The summed E-state index contributed by atoms with van der Waals surface area (Å²) in [6.45, 7) is 2.53. The minimum absolute atomic E-state index is 0.243. The Hall–Kier alpha value is -1.20. The van der Waals surface area contributed by atoms with Gasteiger partial charge in [-0.1, -0.05) is 30.3 Å². The van der Waals surface area contributed by atoms with Crippen molar-refractivity contribution in [1.82, 2.24) is 10.6 Å². The molecule has 0 aliphatic heterocycles. The number of amides is 1. The van der Waals surface area contributed by atoms with Crippen LogP contribution in [0.3, 0.4) is 0 Å². The van der Waals surface area contributed by atoms with Crippen molar-refractivity contribution in [3.63, 3.8) is 0 Å². The summed E-state index contributed by atoms with van der Waals surface area (Å²) in [5, 5.41) is 6.48. The molecular formula is C16H24N2O2S. The highest BCUT2D eigenvalue weighted by molar-refractivity contribution is 7.98. The third-order valence-corrected chi connectivity index (χ3v) is 4.44. The molecule has 1 aromatic carbocycles. The monoisotopic (exact) mass is 308 g/mol. The SMILES string of the molecule is CSCC(C)NC1CC(NC(=O)OCc2ccccc2)C1. The van der Waals surface area contributed by atoms with Crippen molar-refractivity contribution in [2.75, 3.05) is 12.0 Å². The van der Waals surface area contributed by atoms with Crippen LogP contribution in [0.4, 0.5) is 4.79 Å². The number of carbonyl (C=O) groups excluding carboxylic acids is 1. The Bertz CT molecular complexity index is 435. The van der Waals surface area contributed by atoms with E-state index in [1.165, 1.54) is 0 Å². The highest BCUT2D eigenvalue weighted by Gasteiger charge is 2.31. The molecule has 0 radical (unpaired) electrons. The molecule has 1 aliphatic carbocycles. The van der Waals surface area contributed by atoms with Crippen molar-refractivity contribution in [3.05, 3.63) is 35.9 Å². The Morgan fingerprint density at radius 1 is 1.33 bits per heavy atom. The Morgan fingerprint density at radius 2 is 2.05 bits per heavy atom. The van der Waals surface area contributed by atoms with E-state index in [4.69, 9.17) is 4.74 Å². The largest absolute Gasteiger partial charge is 0.445 e. The van der Waals surface area contributed by atoms with Gasteiger partial charge in [-0.15, -0.1) is 0 Å². The zero-order valence-electron chi connectivity index (χ0n) is 12.7. The van der Waals surface area contributed by atoms with Crippen LogP contribution in [0.15, 0.2) is 30.3 Å². The van der Waals surface area contributed by atoms with Crippen LogP contribution in [0.2, 0.25) is 0 Å². The van der Waals surface area contributed by atoms with Crippen LogP contribution < -0.4 is 10.6 Å². The number of hydrogen-bond acceptors (Lipinski definition) is 4. The Kier molecular flexibility index (Phi) is 6.39. The average molecular weight is 308 g/mol. The topological polar surface area (TPSA) is 50.4 Å². The Morgan fingerprint density at radius 3 is 2.71 bits per heavy atom. The van der Waals surface area contributed by atoms with Crippen molar-refractivity contribution in [2.24, 2.45) is 0 Å². The van der Waals surface area contributed by atoms with Crippen molar-refractivity contribution in [1.29, 1.82) is 0 Å². The first-order valence-corrected chi connectivity index (χ1v) is 8.79. The van der Waals surface area contributed by atoms with E-state index < -0.39 is 0 Å². The fraction of sp³-hybridized carbons (Fsp3) is 0.562. The van der Waals surface area contributed by atoms with Crippen LogP contribution in [0.1, 0.15) is 25.3 Å². The second kappa shape index (κ2) is 8.29. The molecule has 1 aromatic rings. The second-order valence-electron chi connectivity index (χ2n) is 5.59. The molecule has 116 valence electrons. The van der Waals surface area contributed by atoms with Gasteiger partial charge in [0, 0.05) is 23.9 Å². The van der Waals surface area contributed by atoms with Crippen LogP contribution in [0, 0.1) is 0 Å². The first kappa shape index (κ1) is 16.2. The lowest BCUT2D eigenvalue weighted by molar-refractivity contribution is 0.125. The van der Waals surface area contributed by atoms with Crippen LogP contribution in [0.25, 0.3) is 0 Å². The van der Waals surface area contributed by atoms with Crippen molar-refractivity contribution < 1.29 is 9.53 Å². The molecule has 0 bridgehead atoms. The first-order chi connectivity index (χ1) is 10.2. The predicted molar refractivity (Wildman–Crippen MR) is 87.6 cm³/mol. The molecule has 2 N–H and O–H groups in total. The lowest BCUT2D eigenvalue weighted by Gasteiger charge is -2.37. The summed E-state index contributed by atoms with van der Waals surface area (Å²) < 4.78 is 5.22. The summed E-state index contributed by atoms with van der Waals surface area (Å²) in [7, 11) is 0. The smallest absolute Gasteiger partial charge is 0.407 e. The highest BCUT2D eigenvalue weighted by atomic mass is 32.2. The molecule has 1 amide bonds.